The lowest BCUT2D eigenvalue weighted by atomic mass is 9.89. The van der Waals surface area contributed by atoms with Crippen LogP contribution in [0.15, 0.2) is 41.2 Å². The van der Waals surface area contributed by atoms with E-state index in [0.717, 1.165) is 52.9 Å². The van der Waals surface area contributed by atoms with E-state index >= 15 is 0 Å². The van der Waals surface area contributed by atoms with Crippen molar-refractivity contribution in [2.24, 2.45) is 5.41 Å². The highest BCUT2D eigenvalue weighted by atomic mass is 16.5. The van der Waals surface area contributed by atoms with E-state index in [0.29, 0.717) is 19.4 Å². The molecule has 0 bridgehead atoms. The molecule has 2 heterocycles. The van der Waals surface area contributed by atoms with E-state index in [4.69, 9.17) is 9.26 Å². The van der Waals surface area contributed by atoms with E-state index in [2.05, 4.69) is 37.8 Å². The molecular formula is C25H33N3O3. The molecule has 0 N–H and O–H groups in total. The minimum Gasteiger partial charge on any atom is -0.493 e. The molecule has 3 rings (SSSR count). The number of anilines is 1. The van der Waals surface area contributed by atoms with Gasteiger partial charge in [0.25, 0.3) is 0 Å². The fraction of sp³-hybridized carbons (Fsp3) is 0.480. The number of benzene rings is 1. The highest BCUT2D eigenvalue weighted by Crippen LogP contribution is 2.33. The van der Waals surface area contributed by atoms with E-state index in [9.17, 15) is 4.79 Å². The molecule has 0 aliphatic carbocycles. The molecule has 166 valence electrons. The third-order valence-corrected chi connectivity index (χ3v) is 5.17. The van der Waals surface area contributed by atoms with Crippen LogP contribution in [0.3, 0.4) is 0 Å². The summed E-state index contributed by atoms with van der Waals surface area (Å²) >= 11 is 0. The van der Waals surface area contributed by atoms with Crippen LogP contribution in [0.4, 0.5) is 5.69 Å². The molecule has 6 heteroatoms. The van der Waals surface area contributed by atoms with Crippen molar-refractivity contribution in [2.75, 3.05) is 18.6 Å². The quantitative estimate of drug-likeness (QED) is 0.420. The van der Waals surface area contributed by atoms with Gasteiger partial charge < -0.3 is 14.2 Å². The van der Waals surface area contributed by atoms with Gasteiger partial charge in [0.15, 0.2) is 5.58 Å². The summed E-state index contributed by atoms with van der Waals surface area (Å²) in [4.78, 5) is 18.1. The van der Waals surface area contributed by atoms with E-state index in [-0.39, 0.29) is 11.3 Å². The first kappa shape index (κ1) is 22.8. The molecular weight excluding hydrogens is 390 g/mol. The van der Waals surface area contributed by atoms with Gasteiger partial charge in [-0.1, -0.05) is 39.3 Å². The van der Waals surface area contributed by atoms with Crippen LogP contribution in [0.5, 0.6) is 5.75 Å². The van der Waals surface area contributed by atoms with E-state index in [1.54, 1.807) is 24.3 Å². The van der Waals surface area contributed by atoms with Crippen molar-refractivity contribution in [2.45, 2.75) is 59.8 Å². The van der Waals surface area contributed by atoms with Crippen LogP contribution in [0.2, 0.25) is 0 Å². The monoisotopic (exact) mass is 423 g/mol. The minimum atomic E-state index is 0.0443. The predicted octanol–water partition coefficient (Wildman–Crippen LogP) is 5.59. The number of carbonyl (C=O) groups is 1. The lowest BCUT2D eigenvalue weighted by Crippen LogP contribution is -2.26. The number of aromatic nitrogens is 2. The van der Waals surface area contributed by atoms with Crippen LogP contribution in [0.25, 0.3) is 11.0 Å². The van der Waals surface area contributed by atoms with Gasteiger partial charge in [-0.3, -0.25) is 9.78 Å². The van der Waals surface area contributed by atoms with Crippen LogP contribution in [-0.2, 0) is 17.6 Å². The molecule has 0 aliphatic rings. The molecule has 0 radical (unpaired) electrons. The van der Waals surface area contributed by atoms with Crippen molar-refractivity contribution < 1.29 is 14.1 Å². The van der Waals surface area contributed by atoms with Gasteiger partial charge in [-0.25, -0.2) is 0 Å². The Bertz CT molecular complexity index is 1010. The van der Waals surface area contributed by atoms with Crippen molar-refractivity contribution in [3.8, 4) is 5.75 Å². The number of rotatable bonds is 9. The summed E-state index contributed by atoms with van der Waals surface area (Å²) in [5.74, 6) is 0.865. The first-order valence-corrected chi connectivity index (χ1v) is 11.0. The molecule has 1 aromatic carbocycles. The Morgan fingerprint density at radius 2 is 2.03 bits per heavy atom. The molecule has 0 unspecified atom stereocenters. The Hall–Kier alpha value is -2.89. The van der Waals surface area contributed by atoms with Crippen LogP contribution in [0.1, 0.15) is 58.2 Å². The van der Waals surface area contributed by atoms with E-state index in [1.807, 2.05) is 24.3 Å². The van der Waals surface area contributed by atoms with Crippen LogP contribution >= 0.6 is 0 Å². The minimum absolute atomic E-state index is 0.0443. The SMILES string of the molecule is CCCc1c(OCCCC(=O)N(C)c2cccnc2)ccc2c(CC(C)(C)C)noc12. The smallest absolute Gasteiger partial charge is 0.226 e. The fourth-order valence-corrected chi connectivity index (χ4v) is 3.61. The summed E-state index contributed by atoms with van der Waals surface area (Å²) in [6.45, 7) is 9.21. The molecule has 2 aromatic heterocycles. The molecule has 0 aliphatic heterocycles. The predicted molar refractivity (Wildman–Crippen MR) is 124 cm³/mol. The molecule has 3 aromatic rings. The van der Waals surface area contributed by atoms with Crippen molar-refractivity contribution >= 4 is 22.6 Å². The molecule has 6 nitrogen and oxygen atoms in total. The number of aryl methyl sites for hydroxylation is 1. The summed E-state index contributed by atoms with van der Waals surface area (Å²) < 4.78 is 11.8. The lowest BCUT2D eigenvalue weighted by Gasteiger charge is -2.17. The number of hydrogen-bond donors (Lipinski definition) is 0. The van der Waals surface area contributed by atoms with E-state index < -0.39 is 0 Å². The molecule has 0 saturated carbocycles. The number of nitrogens with zero attached hydrogens (tertiary/aromatic N) is 3. The summed E-state index contributed by atoms with van der Waals surface area (Å²) in [6, 6.07) is 7.76. The lowest BCUT2D eigenvalue weighted by molar-refractivity contribution is -0.118. The van der Waals surface area contributed by atoms with Gasteiger partial charge in [0.05, 0.1) is 24.2 Å². The Balaban J connectivity index is 1.64. The third kappa shape index (κ3) is 5.84. The summed E-state index contributed by atoms with van der Waals surface area (Å²) in [7, 11) is 1.77. The van der Waals surface area contributed by atoms with Gasteiger partial charge >= 0.3 is 0 Å². The Labute approximate surface area is 184 Å². The average Bonchev–Trinajstić information content (AvgIpc) is 3.13. The van der Waals surface area contributed by atoms with Crippen molar-refractivity contribution in [1.82, 2.24) is 10.1 Å². The molecule has 0 spiro atoms. The van der Waals surface area contributed by atoms with Gasteiger partial charge in [0, 0.05) is 30.6 Å². The Morgan fingerprint density at radius 1 is 1.23 bits per heavy atom. The first-order chi connectivity index (χ1) is 14.8. The largest absolute Gasteiger partial charge is 0.493 e. The van der Waals surface area contributed by atoms with Crippen molar-refractivity contribution in [1.29, 1.82) is 0 Å². The molecule has 0 saturated heterocycles. The zero-order valence-corrected chi connectivity index (χ0v) is 19.3. The average molecular weight is 424 g/mol. The summed E-state index contributed by atoms with van der Waals surface area (Å²) in [5, 5.41) is 5.42. The maximum absolute atomic E-state index is 12.4. The fourth-order valence-electron chi connectivity index (χ4n) is 3.61. The zero-order chi connectivity index (χ0) is 22.4. The first-order valence-electron chi connectivity index (χ1n) is 11.0. The van der Waals surface area contributed by atoms with Gasteiger partial charge in [-0.2, -0.15) is 0 Å². The van der Waals surface area contributed by atoms with Gasteiger partial charge in [-0.05, 0) is 48.9 Å². The van der Waals surface area contributed by atoms with Crippen molar-refractivity contribution in [3.05, 3.63) is 47.9 Å². The Morgan fingerprint density at radius 3 is 2.71 bits per heavy atom. The maximum Gasteiger partial charge on any atom is 0.226 e. The van der Waals surface area contributed by atoms with Gasteiger partial charge in [0.1, 0.15) is 5.75 Å². The number of fused-ring (bicyclic) bond motifs is 1. The highest BCUT2D eigenvalue weighted by Gasteiger charge is 2.20. The highest BCUT2D eigenvalue weighted by molar-refractivity contribution is 5.92. The molecule has 1 amide bonds. The number of amides is 1. The van der Waals surface area contributed by atoms with Gasteiger partial charge in [-0.15, -0.1) is 0 Å². The van der Waals surface area contributed by atoms with E-state index in [1.165, 1.54) is 0 Å². The second-order valence-electron chi connectivity index (χ2n) is 9.15. The molecule has 31 heavy (non-hydrogen) atoms. The second-order valence-corrected chi connectivity index (χ2v) is 9.15. The standard InChI is InChI=1S/C25H33N3O3/c1-6-9-20-22(13-12-19-21(16-25(2,3)4)27-31-24(19)20)30-15-8-11-23(29)28(5)18-10-7-14-26-17-18/h7,10,12-14,17H,6,8-9,11,15-16H2,1-5H3. The molecule has 0 atom stereocenters. The van der Waals surface area contributed by atoms with Gasteiger partial charge in [0.2, 0.25) is 5.91 Å². The van der Waals surface area contributed by atoms with Crippen LogP contribution in [-0.4, -0.2) is 29.7 Å². The number of pyridine rings is 1. The van der Waals surface area contributed by atoms with Crippen LogP contribution < -0.4 is 9.64 Å². The third-order valence-electron chi connectivity index (χ3n) is 5.17. The summed E-state index contributed by atoms with van der Waals surface area (Å²) in [6.07, 6.45) is 7.14. The Kier molecular flexibility index (Phi) is 7.31. The number of carbonyl (C=O) groups excluding carboxylic acids is 1. The number of ether oxygens (including phenoxy) is 1. The maximum atomic E-state index is 12.4. The second kappa shape index (κ2) is 9.94. The molecule has 0 fully saturated rings. The normalized spacial score (nSPS) is 11.6. The van der Waals surface area contributed by atoms with Crippen molar-refractivity contribution in [3.63, 3.8) is 0 Å². The van der Waals surface area contributed by atoms with Crippen LogP contribution in [0, 0.1) is 5.41 Å². The zero-order valence-electron chi connectivity index (χ0n) is 19.3. The topological polar surface area (TPSA) is 68.5 Å². The number of hydrogen-bond acceptors (Lipinski definition) is 5. The summed E-state index contributed by atoms with van der Waals surface area (Å²) in [5.41, 5.74) is 3.81.